The monoisotopic (exact) mass is 549 g/mol. The summed E-state index contributed by atoms with van der Waals surface area (Å²) in [5.74, 6) is 0.397. The first kappa shape index (κ1) is 28.3. The molecule has 41 heavy (non-hydrogen) atoms. The summed E-state index contributed by atoms with van der Waals surface area (Å²) in [6.45, 7) is 0.675. The third kappa shape index (κ3) is 6.57. The van der Waals surface area contributed by atoms with Gasteiger partial charge in [-0.1, -0.05) is 97.1 Å². The van der Waals surface area contributed by atoms with Crippen LogP contribution in [0.1, 0.15) is 12.6 Å². The molecule has 1 N–H and O–H groups in total. The first-order chi connectivity index (χ1) is 19.6. The van der Waals surface area contributed by atoms with Crippen LogP contribution in [0.15, 0.2) is 128 Å². The number of nitrogens with zero attached hydrogens (tertiary/aromatic N) is 3. The molecular weight excluding hydrogens is 521 g/mol. The topological polar surface area (TPSA) is 77.2 Å². The second kappa shape index (κ2) is 13.0. The summed E-state index contributed by atoms with van der Waals surface area (Å²) < 4.78 is 7.97. The predicted octanol–water partition coefficient (Wildman–Crippen LogP) is 4.00. The van der Waals surface area contributed by atoms with Crippen molar-refractivity contribution in [2.45, 2.75) is 19.1 Å². The van der Waals surface area contributed by atoms with Crippen molar-refractivity contribution in [3.63, 3.8) is 0 Å². The number of carboxylic acid groups (broad SMARTS) is 1. The van der Waals surface area contributed by atoms with Crippen LogP contribution in [-0.2, 0) is 17.8 Å². The molecule has 2 aromatic heterocycles. The maximum absolute atomic E-state index is 11.8. The van der Waals surface area contributed by atoms with Crippen molar-refractivity contribution in [1.82, 2.24) is 14.5 Å². The minimum absolute atomic E-state index is 0. The van der Waals surface area contributed by atoms with Gasteiger partial charge in [0.25, 0.3) is 0 Å². The van der Waals surface area contributed by atoms with Gasteiger partial charge < -0.3 is 15.8 Å². The number of aromatic nitrogens is 3. The molecule has 198 valence electrons. The van der Waals surface area contributed by atoms with Gasteiger partial charge in [-0.25, -0.2) is 14.8 Å². The van der Waals surface area contributed by atoms with Crippen molar-refractivity contribution >= 4 is 17.1 Å². The van der Waals surface area contributed by atoms with Crippen molar-refractivity contribution in [1.29, 1.82) is 0 Å². The van der Waals surface area contributed by atoms with Gasteiger partial charge in [-0.05, 0) is 46.5 Å². The number of hydrogen-bond acceptors (Lipinski definition) is 4. The Kier molecular flexibility index (Phi) is 8.95. The number of carbonyl (C=O) groups is 1. The van der Waals surface area contributed by atoms with Crippen molar-refractivity contribution < 1.29 is 45.6 Å². The molecule has 0 spiro atoms. The molecule has 0 fully saturated rings. The number of fused-ring (bicyclic) bond motifs is 1. The fourth-order valence-electron chi connectivity index (χ4n) is 4.80. The number of aliphatic carboxylic acids is 1. The standard InChI is InChI=1S/C34H27N3O3.Na.H/c38-34(39)31(22-24-8-3-1-4-9-24)40-29-19-17-27(18-20-29)26-13-15-28(16-14-26)32-36-30-12-7-21-35-33(30)37(32)23-25-10-5-2-6-11-25;;/h1-21,31H,22-23H2,(H,38,39);;/q;+1;-1/t31-;;/m1../s1. The van der Waals surface area contributed by atoms with E-state index in [0.717, 1.165) is 39.2 Å². The molecule has 0 amide bonds. The third-order valence-electron chi connectivity index (χ3n) is 6.84. The van der Waals surface area contributed by atoms with Crippen molar-refractivity contribution in [2.75, 3.05) is 0 Å². The molecule has 0 saturated heterocycles. The molecule has 7 heteroatoms. The van der Waals surface area contributed by atoms with E-state index in [1.165, 1.54) is 5.56 Å². The number of imidazole rings is 1. The maximum Gasteiger partial charge on any atom is 1.00 e. The van der Waals surface area contributed by atoms with Crippen molar-refractivity contribution in [3.8, 4) is 28.3 Å². The van der Waals surface area contributed by atoms with E-state index in [9.17, 15) is 9.90 Å². The summed E-state index contributed by atoms with van der Waals surface area (Å²) in [6.07, 6.45) is 1.13. The van der Waals surface area contributed by atoms with Crippen LogP contribution in [0.2, 0.25) is 0 Å². The van der Waals surface area contributed by atoms with Crippen LogP contribution in [0.4, 0.5) is 0 Å². The minimum atomic E-state index is -0.989. The first-order valence-corrected chi connectivity index (χ1v) is 13.1. The summed E-state index contributed by atoms with van der Waals surface area (Å²) in [7, 11) is 0. The molecule has 6 rings (SSSR count). The zero-order chi connectivity index (χ0) is 27.3. The number of pyridine rings is 1. The van der Waals surface area contributed by atoms with Gasteiger partial charge in [-0.15, -0.1) is 0 Å². The number of ether oxygens (including phenoxy) is 1. The van der Waals surface area contributed by atoms with E-state index in [1.54, 1.807) is 6.20 Å². The fraction of sp³-hybridized carbons (Fsp3) is 0.0882. The molecule has 0 unspecified atom stereocenters. The average Bonchev–Trinajstić information content (AvgIpc) is 3.36. The van der Waals surface area contributed by atoms with E-state index >= 15 is 0 Å². The zero-order valence-corrected chi connectivity index (χ0v) is 24.7. The van der Waals surface area contributed by atoms with Gasteiger partial charge in [0.05, 0.1) is 6.54 Å². The van der Waals surface area contributed by atoms with Gasteiger partial charge in [-0.3, -0.25) is 0 Å². The molecule has 6 aromatic rings. The zero-order valence-electron chi connectivity index (χ0n) is 23.7. The van der Waals surface area contributed by atoms with Crippen LogP contribution >= 0.6 is 0 Å². The second-order valence-corrected chi connectivity index (χ2v) is 9.59. The largest absolute Gasteiger partial charge is 1.00 e. The van der Waals surface area contributed by atoms with Crippen LogP contribution in [0.25, 0.3) is 33.7 Å². The molecule has 0 aliphatic rings. The summed E-state index contributed by atoms with van der Waals surface area (Å²) in [5.41, 5.74) is 6.86. The van der Waals surface area contributed by atoms with Crippen molar-refractivity contribution in [2.24, 2.45) is 0 Å². The Morgan fingerprint density at radius 1 is 0.756 bits per heavy atom. The maximum atomic E-state index is 11.8. The molecule has 0 radical (unpaired) electrons. The molecule has 0 aliphatic heterocycles. The average molecular weight is 550 g/mol. The molecule has 6 nitrogen and oxygen atoms in total. The summed E-state index contributed by atoms with van der Waals surface area (Å²) in [5, 5.41) is 9.66. The van der Waals surface area contributed by atoms with Gasteiger partial charge in [0, 0.05) is 18.2 Å². The Bertz CT molecular complexity index is 1740. The second-order valence-electron chi connectivity index (χ2n) is 9.59. The van der Waals surface area contributed by atoms with Gasteiger partial charge >= 0.3 is 35.5 Å². The number of benzene rings is 4. The number of rotatable bonds is 9. The molecular formula is C34H28N3NaO3. The van der Waals surface area contributed by atoms with Gasteiger partial charge in [0.15, 0.2) is 11.8 Å². The third-order valence-corrected chi connectivity index (χ3v) is 6.84. The van der Waals surface area contributed by atoms with E-state index in [4.69, 9.17) is 9.72 Å². The van der Waals surface area contributed by atoms with Gasteiger partial charge in [0.2, 0.25) is 0 Å². The van der Waals surface area contributed by atoms with Crippen LogP contribution in [0.5, 0.6) is 5.75 Å². The van der Waals surface area contributed by atoms with Crippen LogP contribution in [0.3, 0.4) is 0 Å². The molecule has 2 heterocycles. The Balaban J connectivity index is 0.00000202. The predicted molar refractivity (Wildman–Crippen MR) is 157 cm³/mol. The normalized spacial score (nSPS) is 11.5. The summed E-state index contributed by atoms with van der Waals surface area (Å²) in [4.78, 5) is 21.3. The van der Waals surface area contributed by atoms with E-state index in [0.29, 0.717) is 18.7 Å². The quantitative estimate of drug-likeness (QED) is 0.276. The smallest absolute Gasteiger partial charge is 1.00 e. The van der Waals surface area contributed by atoms with Crippen molar-refractivity contribution in [3.05, 3.63) is 139 Å². The van der Waals surface area contributed by atoms with Crippen LogP contribution in [0, 0.1) is 0 Å². The summed E-state index contributed by atoms with van der Waals surface area (Å²) >= 11 is 0. The molecule has 0 aliphatic carbocycles. The van der Waals surface area contributed by atoms with E-state index in [2.05, 4.69) is 45.9 Å². The van der Waals surface area contributed by atoms with E-state index < -0.39 is 12.1 Å². The Morgan fingerprint density at radius 2 is 1.34 bits per heavy atom. The fourth-order valence-corrected chi connectivity index (χ4v) is 4.80. The molecule has 1 atom stereocenters. The minimum Gasteiger partial charge on any atom is -1.00 e. The van der Waals surface area contributed by atoms with Gasteiger partial charge in [0.1, 0.15) is 17.1 Å². The Hall–Kier alpha value is -4.23. The SMILES string of the molecule is O=C(O)[C@@H](Cc1ccccc1)Oc1ccc(-c2ccc(-c3nc4cccnc4n3Cc3ccccc3)cc2)cc1.[H-].[Na+]. The van der Waals surface area contributed by atoms with Crippen LogP contribution in [-0.4, -0.2) is 31.7 Å². The molecule has 0 saturated carbocycles. The van der Waals surface area contributed by atoms with Crippen LogP contribution < -0.4 is 34.3 Å². The number of carboxylic acids is 1. The van der Waals surface area contributed by atoms with Gasteiger partial charge in [-0.2, -0.15) is 0 Å². The Morgan fingerprint density at radius 3 is 1.98 bits per heavy atom. The molecule has 0 bridgehead atoms. The first-order valence-electron chi connectivity index (χ1n) is 13.1. The van der Waals surface area contributed by atoms with E-state index in [1.807, 2.05) is 84.9 Å². The summed E-state index contributed by atoms with van der Waals surface area (Å²) in [6, 6.07) is 39.5. The number of hydrogen-bond donors (Lipinski definition) is 1. The Labute approximate surface area is 262 Å². The van der Waals surface area contributed by atoms with E-state index in [-0.39, 0.29) is 31.0 Å². The molecule has 4 aromatic carbocycles.